The Hall–Kier alpha value is -1.52. The van der Waals surface area contributed by atoms with Gasteiger partial charge < -0.3 is 10.4 Å². The molecular weight excluding hydrogens is 290 g/mol. The Labute approximate surface area is 138 Å². The van der Waals surface area contributed by atoms with Gasteiger partial charge in [-0.15, -0.1) is 0 Å². The van der Waals surface area contributed by atoms with E-state index in [4.69, 9.17) is 0 Å². The van der Waals surface area contributed by atoms with Crippen LogP contribution in [-0.4, -0.2) is 29.8 Å². The van der Waals surface area contributed by atoms with Crippen LogP contribution in [0.15, 0.2) is 12.1 Å². The average molecular weight is 317 g/mol. The number of carbonyl (C=O) groups excluding carboxylic acids is 2. The molecule has 0 amide bonds. The second kappa shape index (κ2) is 6.93. The van der Waals surface area contributed by atoms with Gasteiger partial charge in [0.05, 0.1) is 6.10 Å². The summed E-state index contributed by atoms with van der Waals surface area (Å²) in [4.78, 5) is 25.3. The van der Waals surface area contributed by atoms with Crippen molar-refractivity contribution in [3.63, 3.8) is 0 Å². The molecule has 0 radical (unpaired) electrons. The summed E-state index contributed by atoms with van der Waals surface area (Å²) >= 11 is 0. The van der Waals surface area contributed by atoms with E-state index >= 15 is 0 Å². The van der Waals surface area contributed by atoms with E-state index in [0.717, 1.165) is 17.5 Å². The zero-order valence-electron chi connectivity index (χ0n) is 14.6. The summed E-state index contributed by atoms with van der Waals surface area (Å²) in [6.07, 6.45) is 0.804. The third-order valence-electron chi connectivity index (χ3n) is 4.69. The van der Waals surface area contributed by atoms with E-state index in [1.54, 1.807) is 6.07 Å². The lowest BCUT2D eigenvalue weighted by atomic mass is 9.78. The van der Waals surface area contributed by atoms with Crippen molar-refractivity contribution in [2.45, 2.75) is 52.7 Å². The minimum Gasteiger partial charge on any atom is -0.387 e. The fraction of sp³-hybridized carbons (Fsp3) is 0.579. The van der Waals surface area contributed by atoms with Crippen LogP contribution in [0.3, 0.4) is 0 Å². The molecule has 2 atom stereocenters. The van der Waals surface area contributed by atoms with Crippen LogP contribution in [0.1, 0.15) is 72.1 Å². The lowest BCUT2D eigenvalue weighted by Crippen LogP contribution is -2.37. The lowest BCUT2D eigenvalue weighted by molar-refractivity contribution is 0.0900. The molecule has 1 aliphatic carbocycles. The Morgan fingerprint density at radius 3 is 2.26 bits per heavy atom. The number of fused-ring (bicyclic) bond motifs is 1. The molecule has 0 aliphatic heterocycles. The molecule has 126 valence electrons. The molecule has 0 spiro atoms. The fourth-order valence-electron chi connectivity index (χ4n) is 3.27. The summed E-state index contributed by atoms with van der Waals surface area (Å²) in [7, 11) is 1.83. The molecule has 4 heteroatoms. The zero-order valence-corrected chi connectivity index (χ0v) is 14.6. The van der Waals surface area contributed by atoms with E-state index < -0.39 is 6.10 Å². The van der Waals surface area contributed by atoms with Crippen LogP contribution < -0.4 is 5.32 Å². The van der Waals surface area contributed by atoms with E-state index in [9.17, 15) is 14.7 Å². The Balaban J connectivity index is 2.65. The topological polar surface area (TPSA) is 66.4 Å². The third kappa shape index (κ3) is 3.24. The highest BCUT2D eigenvalue weighted by Gasteiger charge is 2.33. The van der Waals surface area contributed by atoms with Crippen molar-refractivity contribution in [2.24, 2.45) is 11.8 Å². The Kier molecular flexibility index (Phi) is 5.37. The molecule has 1 aromatic carbocycles. The van der Waals surface area contributed by atoms with Gasteiger partial charge in [0.25, 0.3) is 0 Å². The van der Waals surface area contributed by atoms with Crippen molar-refractivity contribution in [3.05, 3.63) is 34.4 Å². The number of Topliss-reactive ketones (excluding diaryl/α,β-unsaturated/α-hetero) is 2. The number of aliphatic hydroxyl groups is 1. The first-order valence-corrected chi connectivity index (χ1v) is 8.39. The molecular formula is C19H27NO3. The van der Waals surface area contributed by atoms with E-state index in [2.05, 4.69) is 5.32 Å². The number of hydrogen-bond acceptors (Lipinski definition) is 4. The van der Waals surface area contributed by atoms with E-state index in [-0.39, 0.29) is 29.4 Å². The SMILES string of the molecule is CNC1CCc2c(ccc(C(=O)C(C)C)c2C(=O)C(C)C)C1O. The van der Waals surface area contributed by atoms with Gasteiger partial charge in [-0.3, -0.25) is 9.59 Å². The van der Waals surface area contributed by atoms with E-state index in [0.29, 0.717) is 17.5 Å². The summed E-state index contributed by atoms with van der Waals surface area (Å²) < 4.78 is 0. The molecule has 2 unspecified atom stereocenters. The molecule has 0 bridgehead atoms. The first-order valence-electron chi connectivity index (χ1n) is 8.39. The number of aliphatic hydroxyl groups excluding tert-OH is 1. The van der Waals surface area contributed by atoms with Gasteiger partial charge in [-0.2, -0.15) is 0 Å². The summed E-state index contributed by atoms with van der Waals surface area (Å²) in [6.45, 7) is 7.39. The van der Waals surface area contributed by atoms with Gasteiger partial charge in [0, 0.05) is 29.0 Å². The number of likely N-dealkylation sites (N-methyl/N-ethyl adjacent to an activating group) is 1. The van der Waals surface area contributed by atoms with Gasteiger partial charge >= 0.3 is 0 Å². The summed E-state index contributed by atoms with van der Waals surface area (Å²) in [5.41, 5.74) is 2.67. The molecule has 0 aromatic heterocycles. The standard InChI is InChI=1S/C19H27NO3/c1-10(2)17(21)14-7-6-13-12(16(14)18(22)11(3)4)8-9-15(20-5)19(13)23/h6-7,10-11,15,19-20,23H,8-9H2,1-5H3. The molecule has 0 saturated carbocycles. The van der Waals surface area contributed by atoms with Gasteiger partial charge in [-0.1, -0.05) is 39.8 Å². The van der Waals surface area contributed by atoms with Gasteiger partial charge in [0.2, 0.25) is 0 Å². The van der Waals surface area contributed by atoms with Crippen LogP contribution in [-0.2, 0) is 6.42 Å². The first-order chi connectivity index (χ1) is 10.8. The molecule has 1 aliphatic rings. The number of benzene rings is 1. The van der Waals surface area contributed by atoms with E-state index in [1.165, 1.54) is 0 Å². The van der Waals surface area contributed by atoms with Crippen LogP contribution >= 0.6 is 0 Å². The highest BCUT2D eigenvalue weighted by Crippen LogP contribution is 2.35. The van der Waals surface area contributed by atoms with Crippen molar-refractivity contribution in [1.29, 1.82) is 0 Å². The van der Waals surface area contributed by atoms with Crippen molar-refractivity contribution in [1.82, 2.24) is 5.32 Å². The van der Waals surface area contributed by atoms with Crippen LogP contribution in [0.2, 0.25) is 0 Å². The minimum absolute atomic E-state index is 0.0120. The van der Waals surface area contributed by atoms with Gasteiger partial charge in [-0.05, 0) is 31.0 Å². The van der Waals surface area contributed by atoms with Crippen molar-refractivity contribution in [3.8, 4) is 0 Å². The number of ketones is 2. The van der Waals surface area contributed by atoms with Crippen LogP contribution in [0.25, 0.3) is 0 Å². The Morgan fingerprint density at radius 1 is 1.13 bits per heavy atom. The summed E-state index contributed by atoms with van der Waals surface area (Å²) in [5.74, 6) is -0.368. The molecule has 4 nitrogen and oxygen atoms in total. The minimum atomic E-state index is -0.648. The summed E-state index contributed by atoms with van der Waals surface area (Å²) in [6, 6.07) is 3.52. The van der Waals surface area contributed by atoms with Gasteiger partial charge in [0.15, 0.2) is 11.6 Å². The number of nitrogens with one attached hydrogen (secondary N) is 1. The van der Waals surface area contributed by atoms with Gasteiger partial charge in [0.1, 0.15) is 0 Å². The third-order valence-corrected chi connectivity index (χ3v) is 4.69. The normalized spacial score (nSPS) is 20.7. The highest BCUT2D eigenvalue weighted by atomic mass is 16.3. The maximum absolute atomic E-state index is 12.8. The van der Waals surface area contributed by atoms with Crippen LogP contribution in [0.4, 0.5) is 0 Å². The molecule has 0 heterocycles. The summed E-state index contributed by atoms with van der Waals surface area (Å²) in [5, 5.41) is 13.7. The second-order valence-corrected chi connectivity index (χ2v) is 6.97. The monoisotopic (exact) mass is 317 g/mol. The molecule has 23 heavy (non-hydrogen) atoms. The molecule has 0 saturated heterocycles. The zero-order chi connectivity index (χ0) is 17.3. The van der Waals surface area contributed by atoms with Crippen molar-refractivity contribution in [2.75, 3.05) is 7.05 Å². The maximum Gasteiger partial charge on any atom is 0.166 e. The first kappa shape index (κ1) is 17.8. The number of rotatable bonds is 5. The second-order valence-electron chi connectivity index (χ2n) is 6.97. The Morgan fingerprint density at radius 2 is 1.74 bits per heavy atom. The molecule has 2 N–H and O–H groups in total. The predicted molar refractivity (Wildman–Crippen MR) is 90.9 cm³/mol. The predicted octanol–water partition coefficient (Wildman–Crippen LogP) is 2.93. The van der Waals surface area contributed by atoms with Crippen LogP contribution in [0.5, 0.6) is 0 Å². The van der Waals surface area contributed by atoms with Crippen LogP contribution in [0, 0.1) is 11.8 Å². The van der Waals surface area contributed by atoms with Crippen molar-refractivity contribution < 1.29 is 14.7 Å². The molecule has 1 aromatic rings. The highest BCUT2D eigenvalue weighted by molar-refractivity contribution is 6.11. The largest absolute Gasteiger partial charge is 0.387 e. The number of hydrogen-bond donors (Lipinski definition) is 2. The maximum atomic E-state index is 12.8. The lowest BCUT2D eigenvalue weighted by Gasteiger charge is -2.32. The van der Waals surface area contributed by atoms with E-state index in [1.807, 2.05) is 40.8 Å². The number of carbonyl (C=O) groups is 2. The van der Waals surface area contributed by atoms with Crippen molar-refractivity contribution >= 4 is 11.6 Å². The van der Waals surface area contributed by atoms with Gasteiger partial charge in [-0.25, -0.2) is 0 Å². The quantitative estimate of drug-likeness (QED) is 0.820. The molecule has 0 fully saturated rings. The molecule has 2 rings (SSSR count). The average Bonchev–Trinajstić information content (AvgIpc) is 2.52. The smallest absolute Gasteiger partial charge is 0.166 e. The Bertz CT molecular complexity index is 619. The fourth-order valence-corrected chi connectivity index (χ4v) is 3.27.